The number of benzene rings is 2. The van der Waals surface area contributed by atoms with Gasteiger partial charge in [-0.2, -0.15) is 0 Å². The summed E-state index contributed by atoms with van der Waals surface area (Å²) in [5.41, 5.74) is 1.39. The number of furan rings is 1. The van der Waals surface area contributed by atoms with Crippen LogP contribution in [-0.2, 0) is 9.53 Å². The highest BCUT2D eigenvalue weighted by molar-refractivity contribution is 7.07. The lowest BCUT2D eigenvalue weighted by atomic mass is 9.96. The van der Waals surface area contributed by atoms with Gasteiger partial charge >= 0.3 is 5.97 Å². The van der Waals surface area contributed by atoms with E-state index in [1.165, 1.54) is 22.8 Å². The molecular weight excluding hydrogens is 565 g/mol. The van der Waals surface area contributed by atoms with Crippen LogP contribution in [0.25, 0.3) is 17.4 Å². The first kappa shape index (κ1) is 26.6. The number of ether oxygens (including phenoxy) is 1. The Morgan fingerprint density at radius 3 is 2.62 bits per heavy atom. The van der Waals surface area contributed by atoms with Crippen LogP contribution in [-0.4, -0.2) is 22.1 Å². The number of esters is 1. The van der Waals surface area contributed by atoms with E-state index in [1.54, 1.807) is 56.3 Å². The average molecular weight is 584 g/mol. The third-order valence-electron chi connectivity index (χ3n) is 6.03. The van der Waals surface area contributed by atoms with Crippen molar-refractivity contribution in [2.45, 2.75) is 19.9 Å². The second-order valence-electron chi connectivity index (χ2n) is 8.48. The molecule has 3 heterocycles. The number of aromatic nitrogens is 1. The van der Waals surface area contributed by atoms with E-state index in [0.717, 1.165) is 11.3 Å². The Labute approximate surface area is 235 Å². The van der Waals surface area contributed by atoms with Crippen LogP contribution in [0.4, 0.5) is 5.69 Å². The van der Waals surface area contributed by atoms with Crippen molar-refractivity contribution in [3.8, 4) is 11.3 Å². The lowest BCUT2D eigenvalue weighted by Gasteiger charge is -2.24. The first-order chi connectivity index (χ1) is 18.7. The number of nitro groups is 1. The Morgan fingerprint density at radius 1 is 1.21 bits per heavy atom. The second kappa shape index (κ2) is 10.6. The van der Waals surface area contributed by atoms with Gasteiger partial charge in [-0.25, -0.2) is 9.79 Å². The molecule has 0 amide bonds. The maximum atomic E-state index is 13.7. The molecule has 39 heavy (non-hydrogen) atoms. The molecule has 1 aliphatic heterocycles. The highest BCUT2D eigenvalue weighted by Crippen LogP contribution is 2.32. The zero-order chi connectivity index (χ0) is 27.8. The Bertz CT molecular complexity index is 1840. The van der Waals surface area contributed by atoms with E-state index in [1.807, 2.05) is 0 Å². The maximum absolute atomic E-state index is 13.7. The Hall–Kier alpha value is -3.99. The van der Waals surface area contributed by atoms with Gasteiger partial charge in [0, 0.05) is 22.7 Å². The Morgan fingerprint density at radius 2 is 1.95 bits per heavy atom. The number of hydrogen-bond donors (Lipinski definition) is 0. The van der Waals surface area contributed by atoms with Crippen LogP contribution in [0.5, 0.6) is 0 Å². The summed E-state index contributed by atoms with van der Waals surface area (Å²) in [7, 11) is 0. The SMILES string of the molecule is CCOC(=O)C1=C(C)N=c2s/c(=C\c3ccc(-c4ccc([N+](=O)[O-])c(Cl)c4)o3)c(=O)n2[C@H]1c1ccc(Cl)cc1. The fourth-order valence-electron chi connectivity index (χ4n) is 4.27. The molecule has 0 radical (unpaired) electrons. The van der Waals surface area contributed by atoms with Crippen molar-refractivity contribution in [3.63, 3.8) is 0 Å². The van der Waals surface area contributed by atoms with Gasteiger partial charge in [0.2, 0.25) is 0 Å². The van der Waals surface area contributed by atoms with Crippen LogP contribution < -0.4 is 14.9 Å². The molecule has 1 atom stereocenters. The number of rotatable bonds is 6. The molecule has 4 aromatic rings. The molecule has 2 aromatic heterocycles. The third kappa shape index (κ3) is 5.06. The highest BCUT2D eigenvalue weighted by Gasteiger charge is 2.33. The summed E-state index contributed by atoms with van der Waals surface area (Å²) >= 11 is 13.3. The van der Waals surface area contributed by atoms with Crippen molar-refractivity contribution in [2.24, 2.45) is 4.99 Å². The van der Waals surface area contributed by atoms with Crippen molar-refractivity contribution in [3.05, 3.63) is 117 Å². The molecule has 0 saturated carbocycles. The predicted molar refractivity (Wildman–Crippen MR) is 148 cm³/mol. The first-order valence-corrected chi connectivity index (χ1v) is 13.2. The van der Waals surface area contributed by atoms with Gasteiger partial charge < -0.3 is 9.15 Å². The topological polar surface area (TPSA) is 117 Å². The van der Waals surface area contributed by atoms with Gasteiger partial charge in [-0.15, -0.1) is 0 Å². The molecule has 5 rings (SSSR count). The summed E-state index contributed by atoms with van der Waals surface area (Å²) in [5, 5.41) is 11.6. The molecule has 2 aromatic carbocycles. The molecule has 0 N–H and O–H groups in total. The average Bonchev–Trinajstić information content (AvgIpc) is 3.48. The quantitative estimate of drug-likeness (QED) is 0.173. The number of allylic oxidation sites excluding steroid dienone is 1. The van der Waals surface area contributed by atoms with Crippen LogP contribution in [0.1, 0.15) is 31.2 Å². The number of carbonyl (C=O) groups excluding carboxylic acids is 1. The minimum atomic E-state index is -0.755. The molecule has 0 saturated heterocycles. The molecule has 12 heteroatoms. The number of fused-ring (bicyclic) bond motifs is 1. The summed E-state index contributed by atoms with van der Waals surface area (Å²) in [6.07, 6.45) is 1.59. The van der Waals surface area contributed by atoms with E-state index in [0.29, 0.717) is 42.7 Å². The standard InChI is InChI=1S/C27H19Cl2N3O6S/c1-3-37-26(34)23-14(2)30-27-31(24(23)15-4-7-17(28)8-5-15)25(33)22(39-27)13-18-9-11-21(38-18)16-6-10-20(32(35)36)19(29)12-16/h4-13,24H,3H2,1-2H3/b22-13-/t24-/m0/s1. The fraction of sp³-hybridized carbons (Fsp3) is 0.148. The molecular formula is C27H19Cl2N3O6S. The number of nitro benzene ring substituents is 1. The summed E-state index contributed by atoms with van der Waals surface area (Å²) in [4.78, 5) is 42.1. The van der Waals surface area contributed by atoms with Gasteiger partial charge in [0.15, 0.2) is 4.80 Å². The van der Waals surface area contributed by atoms with Crippen LogP contribution in [0.3, 0.4) is 0 Å². The van der Waals surface area contributed by atoms with E-state index in [4.69, 9.17) is 32.4 Å². The van der Waals surface area contributed by atoms with Crippen LogP contribution in [0.15, 0.2) is 80.1 Å². The molecule has 0 aliphatic carbocycles. The smallest absolute Gasteiger partial charge is 0.338 e. The zero-order valence-corrected chi connectivity index (χ0v) is 22.8. The van der Waals surface area contributed by atoms with E-state index < -0.39 is 16.9 Å². The van der Waals surface area contributed by atoms with Gasteiger partial charge in [0.25, 0.3) is 11.2 Å². The van der Waals surface area contributed by atoms with Crippen molar-refractivity contribution in [1.82, 2.24) is 4.57 Å². The van der Waals surface area contributed by atoms with E-state index >= 15 is 0 Å². The zero-order valence-electron chi connectivity index (χ0n) is 20.5. The van der Waals surface area contributed by atoms with Crippen molar-refractivity contribution in [2.75, 3.05) is 6.61 Å². The van der Waals surface area contributed by atoms with Gasteiger partial charge in [0.05, 0.1) is 33.4 Å². The molecule has 0 fully saturated rings. The fourth-order valence-corrected chi connectivity index (χ4v) is 5.68. The highest BCUT2D eigenvalue weighted by atomic mass is 35.5. The molecule has 1 aliphatic rings. The number of carbonyl (C=O) groups is 1. The second-order valence-corrected chi connectivity index (χ2v) is 10.3. The largest absolute Gasteiger partial charge is 0.463 e. The monoisotopic (exact) mass is 583 g/mol. The van der Waals surface area contributed by atoms with Crippen molar-refractivity contribution < 1.29 is 18.9 Å². The molecule has 0 spiro atoms. The van der Waals surface area contributed by atoms with E-state index in [9.17, 15) is 19.7 Å². The van der Waals surface area contributed by atoms with E-state index in [-0.39, 0.29) is 28.4 Å². The number of halogens is 2. The van der Waals surface area contributed by atoms with Crippen molar-refractivity contribution >= 4 is 52.3 Å². The minimum Gasteiger partial charge on any atom is -0.463 e. The summed E-state index contributed by atoms with van der Waals surface area (Å²) in [6.45, 7) is 3.59. The molecule has 0 bridgehead atoms. The number of thiazole rings is 1. The Kier molecular flexibility index (Phi) is 7.26. The minimum absolute atomic E-state index is 0.0151. The van der Waals surface area contributed by atoms with Gasteiger partial charge in [-0.3, -0.25) is 19.5 Å². The lowest BCUT2D eigenvalue weighted by molar-refractivity contribution is -0.384. The van der Waals surface area contributed by atoms with Gasteiger partial charge in [-0.05, 0) is 55.8 Å². The first-order valence-electron chi connectivity index (χ1n) is 11.7. The third-order valence-corrected chi connectivity index (χ3v) is 7.57. The lowest BCUT2D eigenvalue weighted by Crippen LogP contribution is -2.39. The van der Waals surface area contributed by atoms with Crippen molar-refractivity contribution in [1.29, 1.82) is 0 Å². The normalized spacial score (nSPS) is 15.2. The number of hydrogen-bond acceptors (Lipinski definition) is 8. The van der Waals surface area contributed by atoms with Crippen LogP contribution >= 0.6 is 34.5 Å². The van der Waals surface area contributed by atoms with Gasteiger partial charge in [0.1, 0.15) is 16.5 Å². The Balaban J connectivity index is 1.60. The molecule has 0 unspecified atom stereocenters. The summed E-state index contributed by atoms with van der Waals surface area (Å²) < 4.78 is 13.0. The predicted octanol–water partition coefficient (Wildman–Crippen LogP) is 5.27. The molecule has 198 valence electrons. The maximum Gasteiger partial charge on any atom is 0.338 e. The molecule has 9 nitrogen and oxygen atoms in total. The number of nitrogens with zero attached hydrogens (tertiary/aromatic N) is 3. The van der Waals surface area contributed by atoms with E-state index in [2.05, 4.69) is 4.99 Å². The van der Waals surface area contributed by atoms with Gasteiger partial charge in [-0.1, -0.05) is 46.7 Å². The van der Waals surface area contributed by atoms with Crippen LogP contribution in [0, 0.1) is 10.1 Å². The summed E-state index contributed by atoms with van der Waals surface area (Å²) in [6, 6.07) is 13.8. The summed E-state index contributed by atoms with van der Waals surface area (Å²) in [5.74, 6) is 0.254. The van der Waals surface area contributed by atoms with Crippen LogP contribution in [0.2, 0.25) is 10.0 Å².